The number of nitrogens with one attached hydrogen (secondary N) is 6. The van der Waals surface area contributed by atoms with Gasteiger partial charge >= 0.3 is 5.97 Å². The Morgan fingerprint density at radius 1 is 0.554 bits per heavy atom. The van der Waals surface area contributed by atoms with Gasteiger partial charge in [0.05, 0.1) is 10.4 Å². The van der Waals surface area contributed by atoms with Crippen molar-refractivity contribution in [2.75, 3.05) is 70.7 Å². The number of aromatic nitrogens is 1. The van der Waals surface area contributed by atoms with E-state index in [1.54, 1.807) is 36.7 Å². The van der Waals surface area contributed by atoms with Crippen molar-refractivity contribution >= 4 is 82.0 Å². The van der Waals surface area contributed by atoms with Gasteiger partial charge in [0.15, 0.2) is 17.5 Å². The number of esters is 1. The van der Waals surface area contributed by atoms with E-state index in [1.807, 2.05) is 92.6 Å². The van der Waals surface area contributed by atoms with E-state index in [1.165, 1.54) is 11.3 Å². The molecule has 492 valence electrons. The average molecular weight is 1280 g/mol. The maximum atomic E-state index is 14.0. The van der Waals surface area contributed by atoms with E-state index in [4.69, 9.17) is 38.1 Å². The summed E-state index contributed by atoms with van der Waals surface area (Å²) in [5.41, 5.74) is 31.1. The number of rotatable bonds is 36. The van der Waals surface area contributed by atoms with E-state index in [9.17, 15) is 38.4 Å². The van der Waals surface area contributed by atoms with Gasteiger partial charge in [-0.05, 0) is 137 Å². The lowest BCUT2D eigenvalue weighted by molar-refractivity contribution is -0.131. The quantitative estimate of drug-likeness (QED) is 0.0116. The SMILES string of the molecule is CN(C)c1ccc2c(c1)Oc1cc(N(C)C)ccc1C21OC(=O)c2cc(C(=O)NCCCC[C@@H](NC(=O)CCCCCNC(=O)c3ccc(-c4ccncc4)s3)C(=O)NCCCCCC(=O)N[C@H](CCCN=C(N)N)C(=O)N[C@H](CCCN=C(N)N)C(N)=O)ccc21. The van der Waals surface area contributed by atoms with Crippen LogP contribution in [0.3, 0.4) is 0 Å². The highest BCUT2D eigenvalue weighted by molar-refractivity contribution is 7.17. The molecule has 0 bridgehead atoms. The Balaban J connectivity index is 0.915. The summed E-state index contributed by atoms with van der Waals surface area (Å²) < 4.78 is 12.9. The summed E-state index contributed by atoms with van der Waals surface area (Å²) in [6.45, 7) is 1.32. The normalized spacial score (nSPS) is 13.2. The van der Waals surface area contributed by atoms with E-state index in [-0.39, 0.29) is 93.1 Å². The van der Waals surface area contributed by atoms with Gasteiger partial charge in [-0.15, -0.1) is 11.3 Å². The fraction of sp³-hybridized carbons (Fsp3) is 0.431. The molecule has 16 N–H and O–H groups in total. The third kappa shape index (κ3) is 19.4. The van der Waals surface area contributed by atoms with E-state index in [0.717, 1.165) is 21.8 Å². The number of primary amides is 1. The molecule has 0 radical (unpaired) electrons. The average Bonchev–Trinajstić information content (AvgIpc) is 1.45. The summed E-state index contributed by atoms with van der Waals surface area (Å²) in [6.07, 6.45) is 9.04. The number of hydrogen-bond donors (Lipinski definition) is 11. The van der Waals surface area contributed by atoms with Crippen LogP contribution >= 0.6 is 11.3 Å². The molecule has 2 aliphatic rings. The zero-order chi connectivity index (χ0) is 66.3. The Bertz CT molecular complexity index is 3420. The van der Waals surface area contributed by atoms with Crippen molar-refractivity contribution in [2.24, 2.45) is 38.7 Å². The van der Waals surface area contributed by atoms with Crippen molar-refractivity contribution in [3.05, 3.63) is 124 Å². The number of carbonyl (C=O) groups excluding carboxylic acids is 8. The highest BCUT2D eigenvalue weighted by Crippen LogP contribution is 2.57. The molecular formula is C65H86N16O10S. The molecule has 0 fully saturated rings. The van der Waals surface area contributed by atoms with Crippen molar-refractivity contribution in [3.63, 3.8) is 0 Å². The molecule has 2 aromatic heterocycles. The Morgan fingerprint density at radius 2 is 1.08 bits per heavy atom. The maximum absolute atomic E-state index is 14.0. The number of thiophene rings is 1. The molecule has 3 atom stereocenters. The summed E-state index contributed by atoms with van der Waals surface area (Å²) in [5.74, 6) is -2.81. The molecule has 0 unspecified atom stereocenters. The van der Waals surface area contributed by atoms with Crippen molar-refractivity contribution in [2.45, 2.75) is 120 Å². The number of pyridine rings is 1. The van der Waals surface area contributed by atoms with Gasteiger partial charge in [0.1, 0.15) is 29.6 Å². The Kier molecular flexibility index (Phi) is 25.6. The van der Waals surface area contributed by atoms with Crippen molar-refractivity contribution in [1.82, 2.24) is 36.9 Å². The van der Waals surface area contributed by atoms with Gasteiger partial charge in [-0.3, -0.25) is 48.5 Å². The molecule has 0 saturated heterocycles. The molecule has 0 saturated carbocycles. The first-order valence-corrected chi connectivity index (χ1v) is 31.8. The number of ether oxygens (including phenoxy) is 2. The fourth-order valence-electron chi connectivity index (χ4n) is 10.7. The molecule has 3 aromatic carbocycles. The van der Waals surface area contributed by atoms with Crippen molar-refractivity contribution in [1.29, 1.82) is 0 Å². The second-order valence-corrected chi connectivity index (χ2v) is 24.1. The molecule has 0 aliphatic carbocycles. The van der Waals surface area contributed by atoms with Gasteiger partial charge < -0.3 is 79.8 Å². The van der Waals surface area contributed by atoms with Crippen LogP contribution < -0.4 is 75.1 Å². The number of unbranched alkanes of at least 4 members (excludes halogenated alkanes) is 5. The number of benzene rings is 3. The Labute approximate surface area is 539 Å². The second kappa shape index (κ2) is 33.9. The van der Waals surface area contributed by atoms with E-state index < -0.39 is 59.2 Å². The number of carbonyl (C=O) groups is 8. The van der Waals surface area contributed by atoms with Crippen molar-refractivity contribution in [3.8, 4) is 21.9 Å². The number of amides is 7. The molecule has 27 heteroatoms. The van der Waals surface area contributed by atoms with Crippen LogP contribution in [0.2, 0.25) is 0 Å². The number of aliphatic imine (C=N–C) groups is 2. The first-order chi connectivity index (χ1) is 44.1. The molecular weight excluding hydrogens is 1200 g/mol. The molecule has 26 nitrogen and oxygen atoms in total. The van der Waals surface area contributed by atoms with Crippen LogP contribution in [0.1, 0.15) is 143 Å². The van der Waals surface area contributed by atoms with Crippen LogP contribution in [-0.2, 0) is 34.3 Å². The minimum atomic E-state index is -1.33. The second-order valence-electron chi connectivity index (χ2n) is 23.0. The smallest absolute Gasteiger partial charge is 0.340 e. The number of fused-ring (bicyclic) bond motifs is 6. The molecule has 2 aliphatic heterocycles. The molecule has 7 rings (SSSR count). The summed E-state index contributed by atoms with van der Waals surface area (Å²) in [5, 5.41) is 17.1. The molecule has 7 amide bonds. The van der Waals surface area contributed by atoms with E-state index >= 15 is 0 Å². The largest absolute Gasteiger partial charge is 0.456 e. The van der Waals surface area contributed by atoms with Crippen LogP contribution in [-0.4, -0.2) is 143 Å². The third-order valence-electron chi connectivity index (χ3n) is 15.7. The number of hydrogen-bond acceptors (Lipinski definition) is 16. The van der Waals surface area contributed by atoms with E-state index in [0.29, 0.717) is 104 Å². The molecule has 5 aromatic rings. The maximum Gasteiger partial charge on any atom is 0.340 e. The standard InChI is InChI=1S/C65H86N16O10S/c1-80(2)42-21-24-46-51(38-42)90-52-39-43(81(3)4)22-25-47(52)65(46)45-23-20-41(37-44(45)62(89)91-65)58(85)72-32-12-9-15-49(77-55(82)18-8-6-11-31-74-61(88)54-27-26-53(92-54)40-28-35-71-36-29-40)59(86)73-30-10-5-7-19-56(83)78-50(17-14-34-76-64(69)70)60(87)79-48(57(66)84)16-13-33-75-63(67)68/h20-29,35-39,48-50H,5-19,30-34H2,1-4H3,(H2,66,84)(H,72,85)(H,73,86)(H,74,88)(H,77,82)(H,78,83)(H,79,87)(H4,67,68,75)(H4,69,70,76)/t48-,49-,50-/m1/s1. The summed E-state index contributed by atoms with van der Waals surface area (Å²) in [4.78, 5) is 124. The minimum absolute atomic E-state index is 0.0589. The monoisotopic (exact) mass is 1280 g/mol. The topological polar surface area (TPSA) is 401 Å². The highest BCUT2D eigenvalue weighted by Gasteiger charge is 2.54. The van der Waals surface area contributed by atoms with E-state index in [2.05, 4.69) is 46.9 Å². The third-order valence-corrected chi connectivity index (χ3v) is 16.8. The minimum Gasteiger partial charge on any atom is -0.456 e. The molecule has 92 heavy (non-hydrogen) atoms. The lowest BCUT2D eigenvalue weighted by Gasteiger charge is -2.37. The molecule has 4 heterocycles. The summed E-state index contributed by atoms with van der Waals surface area (Å²) in [6, 6.07) is 21.0. The Hall–Kier alpha value is -9.79. The van der Waals surface area contributed by atoms with Crippen LogP contribution in [0.25, 0.3) is 10.4 Å². The lowest BCUT2D eigenvalue weighted by atomic mass is 9.77. The van der Waals surface area contributed by atoms with Crippen LogP contribution in [0, 0.1) is 0 Å². The van der Waals surface area contributed by atoms with Crippen molar-refractivity contribution < 1.29 is 47.8 Å². The summed E-state index contributed by atoms with van der Waals surface area (Å²) >= 11 is 1.39. The van der Waals surface area contributed by atoms with Crippen LogP contribution in [0.5, 0.6) is 11.5 Å². The first kappa shape index (κ1) is 69.7. The summed E-state index contributed by atoms with van der Waals surface area (Å²) in [7, 11) is 7.72. The lowest BCUT2D eigenvalue weighted by Crippen LogP contribution is -2.53. The number of guanidine groups is 2. The zero-order valence-corrected chi connectivity index (χ0v) is 53.5. The number of anilines is 2. The van der Waals surface area contributed by atoms with Crippen LogP contribution in [0.4, 0.5) is 11.4 Å². The van der Waals surface area contributed by atoms with Gasteiger partial charge in [-0.25, -0.2) is 4.79 Å². The number of nitrogens with two attached hydrogens (primary N) is 5. The number of nitrogens with zero attached hydrogens (tertiary/aromatic N) is 5. The van der Waals surface area contributed by atoms with Gasteiger partial charge in [0, 0.05) is 137 Å². The predicted octanol–water partition coefficient (Wildman–Crippen LogP) is 4.12. The predicted molar refractivity (Wildman–Crippen MR) is 354 cm³/mol. The van der Waals surface area contributed by atoms with Crippen LogP contribution in [0.15, 0.2) is 101 Å². The van der Waals surface area contributed by atoms with Gasteiger partial charge in [0.25, 0.3) is 11.8 Å². The van der Waals surface area contributed by atoms with Gasteiger partial charge in [0.2, 0.25) is 29.5 Å². The zero-order valence-electron chi connectivity index (χ0n) is 52.6. The fourth-order valence-corrected chi connectivity index (χ4v) is 11.7. The Morgan fingerprint density at radius 3 is 1.64 bits per heavy atom. The first-order valence-electron chi connectivity index (χ1n) is 31.0. The molecule has 1 spiro atoms. The highest BCUT2D eigenvalue weighted by atomic mass is 32.1. The van der Waals surface area contributed by atoms with Gasteiger partial charge in [-0.1, -0.05) is 18.9 Å². The van der Waals surface area contributed by atoms with Gasteiger partial charge in [-0.2, -0.15) is 0 Å².